The molecule has 5 rings (SSSR count). The number of fused-ring (bicyclic) bond motifs is 1. The SMILES string of the molecule is C[C@@H](O)[C@H]1CS(=O)(=O)c2cc(N3C(=S)N(c4ccc(C#N)c(C(F)(F)F)c4)C(=O)C34CCC4)ccc2O1. The number of rotatable bonds is 3. The Morgan fingerprint density at radius 1 is 1.22 bits per heavy atom. The van der Waals surface area contributed by atoms with Crippen molar-refractivity contribution in [1.82, 2.24) is 0 Å². The van der Waals surface area contributed by atoms with Gasteiger partial charge in [-0.3, -0.25) is 9.69 Å². The first kappa shape index (κ1) is 25.4. The van der Waals surface area contributed by atoms with E-state index in [-0.39, 0.29) is 27.1 Å². The molecule has 0 bridgehead atoms. The summed E-state index contributed by atoms with van der Waals surface area (Å²) < 4.78 is 72.4. The Bertz CT molecular complexity index is 1480. The number of nitrogens with zero attached hydrogens (tertiary/aromatic N) is 3. The molecule has 1 N–H and O–H groups in total. The van der Waals surface area contributed by atoms with Gasteiger partial charge >= 0.3 is 6.18 Å². The van der Waals surface area contributed by atoms with Crippen LogP contribution in [0.2, 0.25) is 0 Å². The van der Waals surface area contributed by atoms with Gasteiger partial charge in [0.1, 0.15) is 22.3 Å². The second-order valence-electron chi connectivity index (χ2n) is 9.29. The number of carbonyl (C=O) groups is 1. The van der Waals surface area contributed by atoms with Crippen LogP contribution in [0, 0.1) is 11.3 Å². The molecule has 1 saturated carbocycles. The van der Waals surface area contributed by atoms with Gasteiger partial charge in [0.2, 0.25) is 0 Å². The first-order chi connectivity index (χ1) is 17.3. The molecule has 0 aromatic heterocycles. The molecule has 2 atom stereocenters. The maximum Gasteiger partial charge on any atom is 0.417 e. The molecular weight excluding hydrogens is 531 g/mol. The Kier molecular flexibility index (Phi) is 5.78. The quantitative estimate of drug-likeness (QED) is 0.577. The third-order valence-electron chi connectivity index (χ3n) is 7.00. The summed E-state index contributed by atoms with van der Waals surface area (Å²) in [4.78, 5) is 16.0. The zero-order valence-electron chi connectivity index (χ0n) is 19.3. The second-order valence-corrected chi connectivity index (χ2v) is 11.7. The van der Waals surface area contributed by atoms with Crippen molar-refractivity contribution >= 4 is 44.4 Å². The molecule has 37 heavy (non-hydrogen) atoms. The number of aliphatic hydroxyl groups is 1. The zero-order chi connectivity index (χ0) is 26.9. The van der Waals surface area contributed by atoms with E-state index in [4.69, 9.17) is 22.2 Å². The van der Waals surface area contributed by atoms with Crippen molar-refractivity contribution in [3.8, 4) is 11.8 Å². The monoisotopic (exact) mass is 551 g/mol. The molecule has 2 heterocycles. The minimum absolute atomic E-state index is 0.0544. The Labute approximate surface area is 215 Å². The fourth-order valence-electron chi connectivity index (χ4n) is 4.93. The highest BCUT2D eigenvalue weighted by atomic mass is 32.2. The number of halogens is 3. The van der Waals surface area contributed by atoms with Gasteiger partial charge in [0.05, 0.1) is 34.7 Å². The highest BCUT2D eigenvalue weighted by molar-refractivity contribution is 7.91. The molecule has 3 aliphatic rings. The van der Waals surface area contributed by atoms with Crippen LogP contribution >= 0.6 is 12.2 Å². The molecule has 1 spiro atoms. The van der Waals surface area contributed by atoms with E-state index < -0.39 is 56.5 Å². The summed E-state index contributed by atoms with van der Waals surface area (Å²) in [5, 5.41) is 18.8. The number of alkyl halides is 3. The Hall–Kier alpha value is -3.21. The lowest BCUT2D eigenvalue weighted by Crippen LogP contribution is -2.55. The van der Waals surface area contributed by atoms with Crippen LogP contribution < -0.4 is 14.5 Å². The fraction of sp³-hybridized carbons (Fsp3) is 0.375. The zero-order valence-corrected chi connectivity index (χ0v) is 21.0. The highest BCUT2D eigenvalue weighted by Crippen LogP contribution is 2.49. The lowest BCUT2D eigenvalue weighted by molar-refractivity contribution is -0.137. The van der Waals surface area contributed by atoms with E-state index in [0.717, 1.165) is 17.0 Å². The summed E-state index contributed by atoms with van der Waals surface area (Å²) in [5.74, 6) is -0.904. The molecule has 194 valence electrons. The first-order valence-electron chi connectivity index (χ1n) is 11.3. The smallest absolute Gasteiger partial charge is 0.417 e. The maximum atomic E-state index is 13.6. The normalized spacial score (nSPS) is 22.8. The Morgan fingerprint density at radius 3 is 2.46 bits per heavy atom. The minimum Gasteiger partial charge on any atom is -0.485 e. The molecule has 2 aliphatic heterocycles. The minimum atomic E-state index is -4.82. The molecule has 8 nitrogen and oxygen atoms in total. The van der Waals surface area contributed by atoms with Crippen LogP contribution in [-0.2, 0) is 20.8 Å². The Morgan fingerprint density at radius 2 is 1.89 bits per heavy atom. The summed E-state index contributed by atoms with van der Waals surface area (Å²) >= 11 is 5.59. The van der Waals surface area contributed by atoms with Crippen molar-refractivity contribution in [2.24, 2.45) is 0 Å². The molecule has 0 unspecified atom stereocenters. The van der Waals surface area contributed by atoms with Gasteiger partial charge in [-0.05, 0) is 74.8 Å². The average Bonchev–Trinajstić information content (AvgIpc) is 3.04. The number of aliphatic hydroxyl groups excluding tert-OH is 1. The standard InChI is InChI=1S/C24H20F3N3O5S2/c1-13(31)19-12-37(33,34)20-10-16(5-6-18(20)35-19)30-22(36)29(21(32)23(30)7-2-8-23)15-4-3-14(11-28)17(9-15)24(25,26)27/h3-6,9-10,13,19,31H,2,7-8,12H2,1H3/t13-,19-/m1/s1. The van der Waals surface area contributed by atoms with Crippen LogP contribution in [0.3, 0.4) is 0 Å². The molecular formula is C24H20F3N3O5S2. The number of carbonyl (C=O) groups excluding carboxylic acids is 1. The van der Waals surface area contributed by atoms with Crippen LogP contribution in [0.5, 0.6) is 5.75 Å². The predicted molar refractivity (Wildman–Crippen MR) is 130 cm³/mol. The van der Waals surface area contributed by atoms with E-state index in [1.54, 1.807) is 0 Å². The van der Waals surface area contributed by atoms with Gasteiger partial charge in [-0.25, -0.2) is 8.42 Å². The van der Waals surface area contributed by atoms with Crippen molar-refractivity contribution < 1.29 is 36.2 Å². The van der Waals surface area contributed by atoms with Crippen molar-refractivity contribution in [3.05, 3.63) is 47.5 Å². The Balaban J connectivity index is 1.59. The number of ether oxygens (including phenoxy) is 1. The molecule has 1 aliphatic carbocycles. The molecule has 1 saturated heterocycles. The summed E-state index contributed by atoms with van der Waals surface area (Å²) in [6, 6.07) is 8.74. The number of nitriles is 1. The maximum absolute atomic E-state index is 13.6. The van der Waals surface area contributed by atoms with E-state index in [0.29, 0.717) is 19.3 Å². The average molecular weight is 552 g/mol. The van der Waals surface area contributed by atoms with Crippen LogP contribution in [0.25, 0.3) is 0 Å². The summed E-state index contributed by atoms with van der Waals surface area (Å²) in [5.41, 5.74) is -2.79. The largest absolute Gasteiger partial charge is 0.485 e. The van der Waals surface area contributed by atoms with Crippen LogP contribution in [0.1, 0.15) is 37.3 Å². The van der Waals surface area contributed by atoms with Crippen molar-refractivity contribution in [2.45, 2.75) is 55.0 Å². The van der Waals surface area contributed by atoms with Gasteiger partial charge in [-0.1, -0.05) is 0 Å². The molecule has 2 fully saturated rings. The lowest BCUT2D eigenvalue weighted by atomic mass is 9.75. The van der Waals surface area contributed by atoms with E-state index in [2.05, 4.69) is 0 Å². The number of sulfone groups is 1. The third-order valence-corrected chi connectivity index (χ3v) is 9.12. The number of hydrogen-bond donors (Lipinski definition) is 1. The molecule has 1 amide bonds. The molecule has 13 heteroatoms. The number of benzene rings is 2. The summed E-state index contributed by atoms with van der Waals surface area (Å²) in [7, 11) is -3.85. The van der Waals surface area contributed by atoms with Crippen LogP contribution in [0.4, 0.5) is 24.5 Å². The topological polar surface area (TPSA) is 111 Å². The number of anilines is 2. The third kappa shape index (κ3) is 3.86. The van der Waals surface area contributed by atoms with Gasteiger partial charge in [0.15, 0.2) is 14.9 Å². The number of amides is 1. The highest BCUT2D eigenvalue weighted by Gasteiger charge is 2.60. The van der Waals surface area contributed by atoms with E-state index >= 15 is 0 Å². The molecule has 2 aromatic carbocycles. The van der Waals surface area contributed by atoms with Crippen LogP contribution in [0.15, 0.2) is 41.3 Å². The van der Waals surface area contributed by atoms with Gasteiger partial charge in [0.25, 0.3) is 5.91 Å². The lowest BCUT2D eigenvalue weighted by Gasteiger charge is -2.43. The predicted octanol–water partition coefficient (Wildman–Crippen LogP) is 3.55. The molecule has 0 radical (unpaired) electrons. The van der Waals surface area contributed by atoms with Crippen molar-refractivity contribution in [2.75, 3.05) is 15.6 Å². The van der Waals surface area contributed by atoms with Gasteiger partial charge in [0, 0.05) is 5.69 Å². The summed E-state index contributed by atoms with van der Waals surface area (Å²) in [6.45, 7) is 1.43. The van der Waals surface area contributed by atoms with Gasteiger partial charge in [-0.15, -0.1) is 0 Å². The molecule has 2 aromatic rings. The van der Waals surface area contributed by atoms with Crippen LogP contribution in [-0.4, -0.2) is 48.0 Å². The van der Waals surface area contributed by atoms with E-state index in [1.807, 2.05) is 0 Å². The van der Waals surface area contributed by atoms with Gasteiger partial charge < -0.3 is 14.7 Å². The van der Waals surface area contributed by atoms with Gasteiger partial charge in [-0.2, -0.15) is 18.4 Å². The van der Waals surface area contributed by atoms with Crippen molar-refractivity contribution in [3.63, 3.8) is 0 Å². The first-order valence-corrected chi connectivity index (χ1v) is 13.4. The second kappa shape index (κ2) is 8.41. The summed E-state index contributed by atoms with van der Waals surface area (Å²) in [6.07, 6.45) is -5.37. The number of hydrogen-bond acceptors (Lipinski definition) is 7. The fourth-order valence-corrected chi connectivity index (χ4v) is 7.08. The number of thiocarbonyl (C=S) groups is 1. The van der Waals surface area contributed by atoms with E-state index in [1.165, 1.54) is 42.2 Å². The van der Waals surface area contributed by atoms with Crippen molar-refractivity contribution in [1.29, 1.82) is 5.26 Å². The van der Waals surface area contributed by atoms with E-state index in [9.17, 15) is 31.5 Å².